The van der Waals surface area contributed by atoms with Crippen LogP contribution in [-0.4, -0.2) is 6.61 Å². The van der Waals surface area contributed by atoms with Crippen molar-refractivity contribution in [1.82, 2.24) is 5.43 Å². The normalized spacial score (nSPS) is 18.5. The van der Waals surface area contributed by atoms with Gasteiger partial charge < -0.3 is 4.74 Å². The molecule has 1 aromatic heterocycles. The second-order valence-corrected chi connectivity index (χ2v) is 4.19. The molecule has 0 saturated carbocycles. The van der Waals surface area contributed by atoms with Crippen LogP contribution < -0.4 is 11.3 Å². The van der Waals surface area contributed by atoms with Crippen molar-refractivity contribution in [2.45, 2.75) is 18.9 Å². The van der Waals surface area contributed by atoms with E-state index < -0.39 is 0 Å². The number of hydrogen-bond donors (Lipinski definition) is 2. The van der Waals surface area contributed by atoms with Crippen molar-refractivity contribution in [1.29, 1.82) is 0 Å². The molecule has 0 spiro atoms. The van der Waals surface area contributed by atoms with Crippen molar-refractivity contribution in [3.63, 3.8) is 0 Å². The summed E-state index contributed by atoms with van der Waals surface area (Å²) in [5.74, 6) is 6.49. The molecule has 0 saturated heterocycles. The van der Waals surface area contributed by atoms with Gasteiger partial charge in [-0.3, -0.25) is 5.84 Å². The molecule has 3 nitrogen and oxygen atoms in total. The van der Waals surface area contributed by atoms with Crippen molar-refractivity contribution in [3.8, 4) is 0 Å². The number of nitrogens with two attached hydrogens (primary N) is 1. The SMILES string of the molecule is NNC(C1=CCCCO1)c1cccs1. The third-order valence-electron chi connectivity index (χ3n) is 2.24. The summed E-state index contributed by atoms with van der Waals surface area (Å²) in [5.41, 5.74) is 2.79. The Morgan fingerprint density at radius 3 is 3.07 bits per heavy atom. The topological polar surface area (TPSA) is 47.3 Å². The zero-order chi connectivity index (χ0) is 9.80. The summed E-state index contributed by atoms with van der Waals surface area (Å²) in [6.45, 7) is 0.801. The predicted molar refractivity (Wildman–Crippen MR) is 57.7 cm³/mol. The van der Waals surface area contributed by atoms with Crippen molar-refractivity contribution < 1.29 is 4.74 Å². The number of allylic oxidation sites excluding steroid dienone is 1. The monoisotopic (exact) mass is 210 g/mol. The maximum atomic E-state index is 5.58. The van der Waals surface area contributed by atoms with Crippen molar-refractivity contribution >= 4 is 11.3 Å². The molecule has 2 heterocycles. The molecule has 4 heteroatoms. The third kappa shape index (κ3) is 1.97. The summed E-state index contributed by atoms with van der Waals surface area (Å²) in [7, 11) is 0. The first-order valence-corrected chi connectivity index (χ1v) is 5.62. The van der Waals surface area contributed by atoms with Gasteiger partial charge in [-0.2, -0.15) is 0 Å². The molecule has 1 atom stereocenters. The number of nitrogens with one attached hydrogen (secondary N) is 1. The summed E-state index contributed by atoms with van der Waals surface area (Å²) >= 11 is 1.69. The summed E-state index contributed by atoms with van der Waals surface area (Å²) in [5, 5.41) is 2.04. The number of ether oxygens (including phenoxy) is 1. The van der Waals surface area contributed by atoms with Crippen molar-refractivity contribution in [3.05, 3.63) is 34.2 Å². The summed E-state index contributed by atoms with van der Waals surface area (Å²) in [6, 6.07) is 4.11. The lowest BCUT2D eigenvalue weighted by molar-refractivity contribution is 0.168. The largest absolute Gasteiger partial charge is 0.496 e. The number of hydrazine groups is 1. The minimum absolute atomic E-state index is 0.0234. The summed E-state index contributed by atoms with van der Waals surface area (Å²) < 4.78 is 5.58. The second kappa shape index (κ2) is 4.59. The highest BCUT2D eigenvalue weighted by Crippen LogP contribution is 2.28. The first-order valence-electron chi connectivity index (χ1n) is 4.74. The highest BCUT2D eigenvalue weighted by atomic mass is 32.1. The number of rotatable bonds is 3. The lowest BCUT2D eigenvalue weighted by atomic mass is 10.1. The fraction of sp³-hybridized carbons (Fsp3) is 0.400. The van der Waals surface area contributed by atoms with E-state index in [1.165, 1.54) is 4.88 Å². The molecule has 1 aliphatic rings. The van der Waals surface area contributed by atoms with Crippen LogP contribution in [0.2, 0.25) is 0 Å². The van der Waals surface area contributed by atoms with Gasteiger partial charge in [0.1, 0.15) is 11.8 Å². The van der Waals surface area contributed by atoms with E-state index in [2.05, 4.69) is 17.6 Å². The molecule has 1 unspecified atom stereocenters. The first kappa shape index (κ1) is 9.71. The van der Waals surface area contributed by atoms with Gasteiger partial charge in [0.15, 0.2) is 0 Å². The zero-order valence-corrected chi connectivity index (χ0v) is 8.72. The predicted octanol–water partition coefficient (Wildman–Crippen LogP) is 1.95. The second-order valence-electron chi connectivity index (χ2n) is 3.21. The fourth-order valence-corrected chi connectivity index (χ4v) is 2.33. The Labute approximate surface area is 87.5 Å². The first-order chi connectivity index (χ1) is 6.92. The van der Waals surface area contributed by atoms with Gasteiger partial charge in [0.25, 0.3) is 0 Å². The van der Waals surface area contributed by atoms with Gasteiger partial charge >= 0.3 is 0 Å². The van der Waals surface area contributed by atoms with E-state index in [-0.39, 0.29) is 6.04 Å². The zero-order valence-electron chi connectivity index (χ0n) is 7.90. The molecule has 0 bridgehead atoms. The Morgan fingerprint density at radius 1 is 1.57 bits per heavy atom. The molecule has 0 radical (unpaired) electrons. The highest BCUT2D eigenvalue weighted by molar-refractivity contribution is 7.10. The molecule has 76 valence electrons. The van der Waals surface area contributed by atoms with Gasteiger partial charge in [0.2, 0.25) is 0 Å². The summed E-state index contributed by atoms with van der Waals surface area (Å²) in [6.07, 6.45) is 4.30. The Kier molecular flexibility index (Phi) is 3.18. The van der Waals surface area contributed by atoms with Crippen LogP contribution >= 0.6 is 11.3 Å². The minimum Gasteiger partial charge on any atom is -0.496 e. The average Bonchev–Trinajstić information content (AvgIpc) is 2.74. The molecule has 0 aliphatic carbocycles. The van der Waals surface area contributed by atoms with Crippen LogP contribution in [0.1, 0.15) is 23.8 Å². The van der Waals surface area contributed by atoms with E-state index >= 15 is 0 Å². The van der Waals surface area contributed by atoms with Gasteiger partial charge in [0.05, 0.1) is 6.61 Å². The van der Waals surface area contributed by atoms with Crippen LogP contribution in [0.15, 0.2) is 29.3 Å². The van der Waals surface area contributed by atoms with Crippen LogP contribution in [0.3, 0.4) is 0 Å². The summed E-state index contributed by atoms with van der Waals surface area (Å²) in [4.78, 5) is 1.20. The molecule has 2 rings (SSSR count). The molecule has 3 N–H and O–H groups in total. The lowest BCUT2D eigenvalue weighted by Gasteiger charge is -2.22. The molecule has 0 amide bonds. The number of thiophene rings is 1. The van der Waals surface area contributed by atoms with Gasteiger partial charge in [-0.25, -0.2) is 5.43 Å². The molecular weight excluding hydrogens is 196 g/mol. The van der Waals surface area contributed by atoms with Crippen LogP contribution in [0, 0.1) is 0 Å². The highest BCUT2D eigenvalue weighted by Gasteiger charge is 2.18. The van der Waals surface area contributed by atoms with Crippen molar-refractivity contribution in [2.24, 2.45) is 5.84 Å². The van der Waals surface area contributed by atoms with Crippen molar-refractivity contribution in [2.75, 3.05) is 6.61 Å². The maximum Gasteiger partial charge on any atom is 0.116 e. The Hall–Kier alpha value is -0.840. The molecule has 0 fully saturated rings. The maximum absolute atomic E-state index is 5.58. The molecular formula is C10H14N2OS. The van der Waals surface area contributed by atoms with Crippen LogP contribution in [0.25, 0.3) is 0 Å². The quantitative estimate of drug-likeness (QED) is 0.592. The molecule has 1 aromatic rings. The van der Waals surface area contributed by atoms with E-state index in [0.717, 1.165) is 25.2 Å². The Balaban J connectivity index is 2.16. The molecule has 1 aliphatic heterocycles. The number of hydrogen-bond acceptors (Lipinski definition) is 4. The smallest absolute Gasteiger partial charge is 0.116 e. The van der Waals surface area contributed by atoms with E-state index in [1.54, 1.807) is 11.3 Å². The lowest BCUT2D eigenvalue weighted by Crippen LogP contribution is -2.30. The Morgan fingerprint density at radius 2 is 2.50 bits per heavy atom. The van der Waals surface area contributed by atoms with Gasteiger partial charge in [0, 0.05) is 4.88 Å². The van der Waals surface area contributed by atoms with Gasteiger partial charge in [-0.15, -0.1) is 11.3 Å². The van der Waals surface area contributed by atoms with E-state index in [9.17, 15) is 0 Å². The fourth-order valence-electron chi connectivity index (χ4n) is 1.54. The molecule has 14 heavy (non-hydrogen) atoms. The minimum atomic E-state index is 0.0234. The van der Waals surface area contributed by atoms with Gasteiger partial charge in [-0.1, -0.05) is 6.07 Å². The average molecular weight is 210 g/mol. The standard InChI is InChI=1S/C10H14N2OS/c11-12-10(9-5-3-7-14-9)8-4-1-2-6-13-8/h3-5,7,10,12H,1-2,6,11H2. The molecule has 0 aromatic carbocycles. The van der Waals surface area contributed by atoms with Crippen LogP contribution in [0.4, 0.5) is 0 Å². The van der Waals surface area contributed by atoms with Crippen LogP contribution in [-0.2, 0) is 4.74 Å². The van der Waals surface area contributed by atoms with Crippen LogP contribution in [0.5, 0.6) is 0 Å². The Bertz CT molecular complexity index is 308. The van der Waals surface area contributed by atoms with E-state index in [0.29, 0.717) is 0 Å². The third-order valence-corrected chi connectivity index (χ3v) is 3.18. The van der Waals surface area contributed by atoms with E-state index in [1.807, 2.05) is 11.4 Å². The van der Waals surface area contributed by atoms with E-state index in [4.69, 9.17) is 10.6 Å². The van der Waals surface area contributed by atoms with Gasteiger partial charge in [-0.05, 0) is 30.4 Å².